The molecule has 0 spiro atoms. The third-order valence-corrected chi connectivity index (χ3v) is 5.04. The Morgan fingerprint density at radius 1 is 1.06 bits per heavy atom. The second kappa shape index (κ2) is 9.77. The highest BCUT2D eigenvalue weighted by Gasteiger charge is 2.10. The molecule has 1 aromatic heterocycles. The van der Waals surface area contributed by atoms with Crippen LogP contribution in [0.5, 0.6) is 11.5 Å². The summed E-state index contributed by atoms with van der Waals surface area (Å²) >= 11 is 12.0. The molecule has 0 unspecified atom stereocenters. The summed E-state index contributed by atoms with van der Waals surface area (Å²) in [5.41, 5.74) is 2.71. The number of nitrogens with zero attached hydrogens (tertiary/aromatic N) is 1. The van der Waals surface area contributed by atoms with Crippen LogP contribution in [0.15, 0.2) is 65.1 Å². The zero-order valence-electron chi connectivity index (χ0n) is 17.0. The number of nitrogens with one attached hydrogen (secondary N) is 1. The molecule has 1 N–H and O–H groups in total. The molecule has 0 atom stereocenters. The first-order valence-corrected chi connectivity index (χ1v) is 10.4. The Labute approximate surface area is 194 Å². The molecule has 0 saturated heterocycles. The second-order valence-corrected chi connectivity index (χ2v) is 7.57. The first-order chi connectivity index (χ1) is 15.5. The van der Waals surface area contributed by atoms with Crippen LogP contribution in [0.1, 0.15) is 11.5 Å². The Kier molecular flexibility index (Phi) is 6.63. The van der Waals surface area contributed by atoms with Gasteiger partial charge in [-0.25, -0.2) is 4.98 Å². The molecule has 4 aromatic rings. The maximum atomic E-state index is 12.2. The number of hydrogen-bond donors (Lipinski definition) is 1. The molecule has 0 fully saturated rings. The molecular formula is C24H18Cl2N2O4. The van der Waals surface area contributed by atoms with Gasteiger partial charge in [-0.15, -0.1) is 0 Å². The van der Waals surface area contributed by atoms with E-state index in [9.17, 15) is 4.79 Å². The largest absolute Gasteiger partial charge is 0.493 e. The van der Waals surface area contributed by atoms with E-state index >= 15 is 0 Å². The minimum Gasteiger partial charge on any atom is -0.493 e. The summed E-state index contributed by atoms with van der Waals surface area (Å²) in [6.07, 6.45) is 3.59. The topological polar surface area (TPSA) is 73.6 Å². The lowest BCUT2D eigenvalue weighted by molar-refractivity contribution is -0.118. The molecule has 0 bridgehead atoms. The van der Waals surface area contributed by atoms with Crippen LogP contribution in [0.2, 0.25) is 10.0 Å². The number of hydrogen-bond acceptors (Lipinski definition) is 5. The number of benzene rings is 3. The van der Waals surface area contributed by atoms with Crippen molar-refractivity contribution in [2.45, 2.75) is 0 Å². The molecule has 0 aliphatic heterocycles. The van der Waals surface area contributed by atoms with Gasteiger partial charge in [0.05, 0.1) is 17.8 Å². The molecule has 0 aliphatic rings. The van der Waals surface area contributed by atoms with Gasteiger partial charge in [-0.05, 0) is 54.1 Å². The summed E-state index contributed by atoms with van der Waals surface area (Å²) in [7, 11) is 1.53. The van der Waals surface area contributed by atoms with Crippen molar-refractivity contribution in [1.29, 1.82) is 0 Å². The van der Waals surface area contributed by atoms with Crippen molar-refractivity contribution in [2.75, 3.05) is 19.0 Å². The number of oxazole rings is 1. The molecule has 4 rings (SSSR count). The summed E-state index contributed by atoms with van der Waals surface area (Å²) in [5.74, 6) is 1.05. The van der Waals surface area contributed by atoms with Crippen molar-refractivity contribution < 1.29 is 18.7 Å². The number of aromatic nitrogens is 1. The standard InChI is InChI=1S/C24H18Cl2N2O4/c1-30-22-12-15(7-11-24-28-19-13-16(25)8-10-20(19)32-24)6-9-21(22)31-14-23(29)27-18-5-3-2-4-17(18)26/h2-13H,14H2,1H3,(H,27,29)/b11-7+. The normalized spacial score (nSPS) is 11.1. The summed E-state index contributed by atoms with van der Waals surface area (Å²) in [5, 5.41) is 3.76. The van der Waals surface area contributed by atoms with E-state index in [0.717, 1.165) is 5.56 Å². The minimum atomic E-state index is -0.333. The Morgan fingerprint density at radius 2 is 1.91 bits per heavy atom. The first kappa shape index (κ1) is 21.7. The number of methoxy groups -OCH3 is 1. The van der Waals surface area contributed by atoms with Gasteiger partial charge in [-0.1, -0.05) is 41.4 Å². The fourth-order valence-electron chi connectivity index (χ4n) is 2.96. The van der Waals surface area contributed by atoms with E-state index in [1.165, 1.54) is 7.11 Å². The molecule has 1 amide bonds. The van der Waals surface area contributed by atoms with Crippen LogP contribution in [0.3, 0.4) is 0 Å². The van der Waals surface area contributed by atoms with Gasteiger partial charge in [0.2, 0.25) is 5.89 Å². The van der Waals surface area contributed by atoms with Gasteiger partial charge in [-0.3, -0.25) is 4.79 Å². The lowest BCUT2D eigenvalue weighted by Crippen LogP contribution is -2.20. The molecule has 0 saturated carbocycles. The predicted molar refractivity (Wildman–Crippen MR) is 127 cm³/mol. The van der Waals surface area contributed by atoms with Crippen LogP contribution in [0, 0.1) is 0 Å². The maximum Gasteiger partial charge on any atom is 0.262 e. The highest BCUT2D eigenvalue weighted by atomic mass is 35.5. The van der Waals surface area contributed by atoms with Crippen LogP contribution < -0.4 is 14.8 Å². The van der Waals surface area contributed by atoms with Crippen LogP contribution in [-0.4, -0.2) is 24.6 Å². The molecule has 1 heterocycles. The summed E-state index contributed by atoms with van der Waals surface area (Å²) in [6.45, 7) is -0.192. The summed E-state index contributed by atoms with van der Waals surface area (Å²) < 4.78 is 16.7. The molecule has 162 valence electrons. The lowest BCUT2D eigenvalue weighted by atomic mass is 10.2. The average molecular weight is 469 g/mol. The third kappa shape index (κ3) is 5.22. The SMILES string of the molecule is COc1cc(/C=C/c2nc3cc(Cl)ccc3o2)ccc1OCC(=O)Nc1ccccc1Cl. The van der Waals surface area contributed by atoms with Crippen molar-refractivity contribution in [3.8, 4) is 11.5 Å². The third-order valence-electron chi connectivity index (χ3n) is 4.48. The molecule has 0 aliphatic carbocycles. The molecule has 3 aromatic carbocycles. The van der Waals surface area contributed by atoms with Crippen LogP contribution in [0.25, 0.3) is 23.3 Å². The number of carbonyl (C=O) groups is 1. The monoisotopic (exact) mass is 468 g/mol. The van der Waals surface area contributed by atoms with Crippen molar-refractivity contribution >= 4 is 58.0 Å². The zero-order valence-corrected chi connectivity index (χ0v) is 18.5. The minimum absolute atomic E-state index is 0.192. The Morgan fingerprint density at radius 3 is 2.72 bits per heavy atom. The van der Waals surface area contributed by atoms with E-state index in [2.05, 4.69) is 10.3 Å². The number of amides is 1. The van der Waals surface area contributed by atoms with Gasteiger partial charge < -0.3 is 19.2 Å². The van der Waals surface area contributed by atoms with Gasteiger partial charge in [0.15, 0.2) is 23.7 Å². The lowest BCUT2D eigenvalue weighted by Gasteiger charge is -2.12. The number of halogens is 2. The fourth-order valence-corrected chi connectivity index (χ4v) is 3.31. The number of carbonyl (C=O) groups excluding carboxylic acids is 1. The maximum absolute atomic E-state index is 12.2. The molecule has 6 nitrogen and oxygen atoms in total. The Hall–Kier alpha value is -3.48. The molecule has 32 heavy (non-hydrogen) atoms. The number of anilines is 1. The van der Waals surface area contributed by atoms with Crippen molar-refractivity contribution in [3.63, 3.8) is 0 Å². The van der Waals surface area contributed by atoms with E-state index in [1.807, 2.05) is 12.1 Å². The number of ether oxygens (including phenoxy) is 2. The molecular weight excluding hydrogens is 451 g/mol. The average Bonchev–Trinajstić information content (AvgIpc) is 3.20. The predicted octanol–water partition coefficient (Wildman–Crippen LogP) is 6.33. The quantitative estimate of drug-likeness (QED) is 0.342. The van der Waals surface area contributed by atoms with Crippen LogP contribution in [-0.2, 0) is 4.79 Å². The summed E-state index contributed by atoms with van der Waals surface area (Å²) in [4.78, 5) is 16.6. The smallest absolute Gasteiger partial charge is 0.262 e. The fraction of sp³-hybridized carbons (Fsp3) is 0.0833. The van der Waals surface area contributed by atoms with Gasteiger partial charge in [0, 0.05) is 11.1 Å². The van der Waals surface area contributed by atoms with Gasteiger partial charge in [0.25, 0.3) is 5.91 Å². The zero-order chi connectivity index (χ0) is 22.5. The first-order valence-electron chi connectivity index (χ1n) is 9.61. The number of rotatable bonds is 7. The van der Waals surface area contributed by atoms with E-state index in [1.54, 1.807) is 60.7 Å². The Balaban J connectivity index is 1.42. The van der Waals surface area contributed by atoms with Gasteiger partial charge in [0.1, 0.15) is 5.52 Å². The van der Waals surface area contributed by atoms with E-state index in [0.29, 0.717) is 44.2 Å². The molecule has 8 heteroatoms. The molecule has 0 radical (unpaired) electrons. The van der Waals surface area contributed by atoms with Gasteiger partial charge in [-0.2, -0.15) is 0 Å². The van der Waals surface area contributed by atoms with E-state index < -0.39 is 0 Å². The highest BCUT2D eigenvalue weighted by Crippen LogP contribution is 2.29. The second-order valence-electron chi connectivity index (χ2n) is 6.72. The van der Waals surface area contributed by atoms with Crippen molar-refractivity contribution in [3.05, 3.63) is 82.2 Å². The van der Waals surface area contributed by atoms with Crippen LogP contribution >= 0.6 is 23.2 Å². The van der Waals surface area contributed by atoms with E-state index in [4.69, 9.17) is 37.1 Å². The number of para-hydroxylation sites is 1. The van der Waals surface area contributed by atoms with Crippen molar-refractivity contribution in [1.82, 2.24) is 4.98 Å². The van der Waals surface area contributed by atoms with Crippen molar-refractivity contribution in [2.24, 2.45) is 0 Å². The number of fused-ring (bicyclic) bond motifs is 1. The van der Waals surface area contributed by atoms with Crippen LogP contribution in [0.4, 0.5) is 5.69 Å². The summed E-state index contributed by atoms with van der Waals surface area (Å²) in [6, 6.07) is 17.6. The Bertz CT molecular complexity index is 1300. The van der Waals surface area contributed by atoms with Gasteiger partial charge >= 0.3 is 0 Å². The van der Waals surface area contributed by atoms with E-state index in [-0.39, 0.29) is 12.5 Å². The highest BCUT2D eigenvalue weighted by molar-refractivity contribution is 6.33.